The molecule has 4 aromatic rings. The van der Waals surface area contributed by atoms with Crippen molar-refractivity contribution in [2.45, 2.75) is 21.6 Å². The maximum absolute atomic E-state index is 13.1. The maximum atomic E-state index is 13.1. The minimum Gasteiger partial charge on any atom is -0.505 e. The van der Waals surface area contributed by atoms with E-state index in [1.54, 1.807) is 0 Å². The third-order valence-electron chi connectivity index (χ3n) is 5.90. The molecule has 1 amide bonds. The fourth-order valence-electron chi connectivity index (χ4n) is 4.21. The molecule has 0 atom stereocenters. The maximum Gasteiger partial charge on any atom is 0.397 e. The van der Waals surface area contributed by atoms with Gasteiger partial charge >= 0.3 is 10.4 Å². The zero-order valence-corrected chi connectivity index (χ0v) is 25.8. The van der Waals surface area contributed by atoms with Crippen LogP contribution in [0.1, 0.15) is 6.92 Å². The second kappa shape index (κ2) is 13.3. The van der Waals surface area contributed by atoms with Crippen LogP contribution in [0.25, 0.3) is 21.5 Å². The highest BCUT2D eigenvalue weighted by Crippen LogP contribution is 2.45. The predicted molar refractivity (Wildman–Crippen MR) is 158 cm³/mol. The van der Waals surface area contributed by atoms with Crippen LogP contribution in [0.5, 0.6) is 5.75 Å². The standard InChI is InChI=1S/C24H21N3O14S4/c1-13(28)25-16-6-7-17-15(11-16)12-19(42-41-40-30)22(23(17)29)27-26-18-8-5-14-3-2-4-20(21(14)24(18)44(33,34)35)43(31,32)10-9-39-45(36,37)38/h2-8,11-12,29-30H,9-10H2,1H3,(H,25,28)(H,33,34,35)(H,36,37,38). The number of anilines is 1. The largest absolute Gasteiger partial charge is 0.505 e. The average molecular weight is 704 g/mol. The Bertz CT molecular complexity index is 2170. The minimum absolute atomic E-state index is 0.0200. The SMILES string of the molecule is CC(=O)Nc1ccc2c(O)c(N=Nc3ccc4cccc(S(=O)(=O)CCOS(=O)(=O)O)c4c3S(=O)(=O)O)c(SOOO)cc2c1. The van der Waals surface area contributed by atoms with Crippen LogP contribution >= 0.6 is 12.0 Å². The molecule has 0 radical (unpaired) electrons. The van der Waals surface area contributed by atoms with E-state index in [4.69, 9.17) is 9.81 Å². The van der Waals surface area contributed by atoms with Crippen molar-refractivity contribution in [3.05, 3.63) is 54.6 Å². The summed E-state index contributed by atoms with van der Waals surface area (Å²) in [5.41, 5.74) is -0.526. The number of carbonyl (C=O) groups is 1. The van der Waals surface area contributed by atoms with Crippen LogP contribution in [-0.2, 0) is 48.7 Å². The van der Waals surface area contributed by atoms with Crippen LogP contribution in [0, 0.1) is 0 Å². The lowest BCUT2D eigenvalue weighted by atomic mass is 10.1. The Morgan fingerprint density at radius 1 is 0.956 bits per heavy atom. The molecule has 0 aromatic heterocycles. The number of hydrogen-bond acceptors (Lipinski definition) is 15. The predicted octanol–water partition coefficient (Wildman–Crippen LogP) is 4.34. The number of nitrogens with zero attached hydrogens (tertiary/aromatic N) is 2. The summed E-state index contributed by atoms with van der Waals surface area (Å²) in [6.07, 6.45) is 0. The van der Waals surface area contributed by atoms with Crippen molar-refractivity contribution in [3.63, 3.8) is 0 Å². The molecule has 0 heterocycles. The number of azo groups is 1. The molecule has 45 heavy (non-hydrogen) atoms. The molecule has 0 aliphatic carbocycles. The summed E-state index contributed by atoms with van der Waals surface area (Å²) in [6, 6.07) is 11.8. The van der Waals surface area contributed by atoms with Gasteiger partial charge < -0.3 is 10.4 Å². The molecule has 0 unspecified atom stereocenters. The van der Waals surface area contributed by atoms with Gasteiger partial charge in [-0.15, -0.1) is 14.6 Å². The smallest absolute Gasteiger partial charge is 0.397 e. The van der Waals surface area contributed by atoms with Crippen molar-refractivity contribution in [2.24, 2.45) is 10.2 Å². The van der Waals surface area contributed by atoms with Crippen molar-refractivity contribution in [3.8, 4) is 5.75 Å². The van der Waals surface area contributed by atoms with Crippen molar-refractivity contribution in [1.29, 1.82) is 0 Å². The number of amides is 1. The molecule has 0 bridgehead atoms. The second-order valence-corrected chi connectivity index (χ2v) is 14.2. The summed E-state index contributed by atoms with van der Waals surface area (Å²) in [5, 5.41) is 33.8. The highest BCUT2D eigenvalue weighted by atomic mass is 32.3. The molecule has 0 spiro atoms. The van der Waals surface area contributed by atoms with Crippen LogP contribution in [0.3, 0.4) is 0 Å². The third kappa shape index (κ3) is 8.09. The fourth-order valence-corrected chi connectivity index (χ4v) is 7.37. The Kier molecular flexibility index (Phi) is 10.1. The van der Waals surface area contributed by atoms with Crippen LogP contribution < -0.4 is 5.32 Å². The van der Waals surface area contributed by atoms with E-state index in [-0.39, 0.29) is 27.3 Å². The Labute approximate surface area is 259 Å². The van der Waals surface area contributed by atoms with Gasteiger partial charge in [0.1, 0.15) is 16.3 Å². The van der Waals surface area contributed by atoms with E-state index in [0.29, 0.717) is 23.1 Å². The molecule has 0 aliphatic rings. The van der Waals surface area contributed by atoms with E-state index in [1.807, 2.05) is 0 Å². The number of rotatable bonds is 12. The molecule has 17 nitrogen and oxygen atoms in total. The summed E-state index contributed by atoms with van der Waals surface area (Å²) in [4.78, 5) is 9.79. The fraction of sp³-hybridized carbons (Fsp3) is 0.125. The van der Waals surface area contributed by atoms with Gasteiger partial charge in [0.05, 0.1) is 34.2 Å². The summed E-state index contributed by atoms with van der Waals surface area (Å²) in [7, 11) is -14.7. The average Bonchev–Trinajstić information content (AvgIpc) is 2.93. The molecule has 21 heteroatoms. The van der Waals surface area contributed by atoms with Crippen LogP contribution in [0.2, 0.25) is 0 Å². The van der Waals surface area contributed by atoms with E-state index in [0.717, 1.165) is 12.1 Å². The van der Waals surface area contributed by atoms with Crippen LogP contribution in [0.4, 0.5) is 17.1 Å². The third-order valence-corrected chi connectivity index (χ3v) is 9.63. The van der Waals surface area contributed by atoms with E-state index >= 15 is 0 Å². The summed E-state index contributed by atoms with van der Waals surface area (Å²) in [5.74, 6) is -1.88. The normalized spacial score (nSPS) is 12.7. The topological polar surface area (TPSA) is 265 Å². The monoisotopic (exact) mass is 703 g/mol. The summed E-state index contributed by atoms with van der Waals surface area (Å²) in [6.45, 7) is 0.287. The molecule has 0 saturated heterocycles. The number of benzene rings is 4. The van der Waals surface area contributed by atoms with Gasteiger partial charge in [-0.1, -0.05) is 23.2 Å². The first-order valence-electron chi connectivity index (χ1n) is 12.0. The Hall–Kier alpha value is -3.77. The number of aromatic hydroxyl groups is 1. The quantitative estimate of drug-likeness (QED) is 0.0451. The lowest BCUT2D eigenvalue weighted by molar-refractivity contribution is -0.432. The van der Waals surface area contributed by atoms with Gasteiger partial charge in [0.2, 0.25) is 5.91 Å². The molecule has 0 saturated carbocycles. The van der Waals surface area contributed by atoms with Gasteiger partial charge in [-0.3, -0.25) is 13.9 Å². The number of phenolic OH excluding ortho intramolecular Hbond substituents is 1. The molecular weight excluding hydrogens is 683 g/mol. The Morgan fingerprint density at radius 2 is 1.69 bits per heavy atom. The van der Waals surface area contributed by atoms with Crippen molar-refractivity contribution < 1.29 is 63.1 Å². The first kappa shape index (κ1) is 34.1. The van der Waals surface area contributed by atoms with Crippen molar-refractivity contribution >= 4 is 86.9 Å². The zero-order chi connectivity index (χ0) is 33.2. The van der Waals surface area contributed by atoms with Gasteiger partial charge in [0.15, 0.2) is 15.6 Å². The van der Waals surface area contributed by atoms with Crippen LogP contribution in [-0.4, -0.2) is 63.0 Å². The van der Waals surface area contributed by atoms with Gasteiger partial charge in [-0.2, -0.15) is 16.8 Å². The highest BCUT2D eigenvalue weighted by molar-refractivity contribution is 7.94. The molecule has 0 aliphatic heterocycles. The number of hydrogen-bond donors (Lipinski definition) is 5. The van der Waals surface area contributed by atoms with Gasteiger partial charge in [0, 0.05) is 23.4 Å². The van der Waals surface area contributed by atoms with Gasteiger partial charge in [-0.25, -0.2) is 17.9 Å². The first-order valence-corrected chi connectivity index (χ1v) is 17.2. The summed E-state index contributed by atoms with van der Waals surface area (Å²) >= 11 is 0.366. The second-order valence-electron chi connectivity index (χ2n) is 8.93. The lowest BCUT2D eigenvalue weighted by Crippen LogP contribution is -2.16. The molecular formula is C24H21N3O14S4. The molecule has 5 N–H and O–H groups in total. The van der Waals surface area contributed by atoms with Crippen molar-refractivity contribution in [2.75, 3.05) is 17.7 Å². The first-order chi connectivity index (χ1) is 21.0. The Morgan fingerprint density at radius 3 is 2.33 bits per heavy atom. The number of fused-ring (bicyclic) bond motifs is 2. The van der Waals surface area contributed by atoms with E-state index in [2.05, 4.69) is 29.1 Å². The van der Waals surface area contributed by atoms with Crippen molar-refractivity contribution in [1.82, 2.24) is 0 Å². The molecule has 4 aromatic carbocycles. The van der Waals surface area contributed by atoms with Crippen LogP contribution in [0.15, 0.2) is 79.5 Å². The molecule has 240 valence electrons. The number of phenols is 1. The minimum atomic E-state index is -5.24. The van der Waals surface area contributed by atoms with Gasteiger partial charge in [-0.05, 0) is 47.2 Å². The summed E-state index contributed by atoms with van der Waals surface area (Å²) < 4.78 is 101. The molecule has 0 fully saturated rings. The van der Waals surface area contributed by atoms with E-state index in [1.165, 1.54) is 49.4 Å². The number of sulfone groups is 1. The van der Waals surface area contributed by atoms with Gasteiger partial charge in [0.25, 0.3) is 10.1 Å². The number of nitrogens with one attached hydrogen (secondary N) is 1. The Balaban J connectivity index is 1.90. The molecule has 4 rings (SSSR count). The van der Waals surface area contributed by atoms with E-state index < -0.39 is 69.3 Å². The zero-order valence-electron chi connectivity index (χ0n) is 22.5. The number of carbonyl (C=O) groups excluding carboxylic acids is 1. The lowest BCUT2D eigenvalue weighted by Gasteiger charge is -2.13. The van der Waals surface area contributed by atoms with E-state index in [9.17, 15) is 39.7 Å². The highest BCUT2D eigenvalue weighted by Gasteiger charge is 2.27.